The minimum atomic E-state index is -0.586. The average molecular weight is 390 g/mol. The van der Waals surface area contributed by atoms with Gasteiger partial charge in [-0.2, -0.15) is 0 Å². The van der Waals surface area contributed by atoms with Crippen LogP contribution in [0.1, 0.15) is 33.6 Å². The number of hydrogen-bond acceptors (Lipinski definition) is 5. The third kappa shape index (κ3) is 6.57. The van der Waals surface area contributed by atoms with Crippen molar-refractivity contribution in [2.24, 2.45) is 0 Å². The third-order valence-electron chi connectivity index (χ3n) is 3.75. The van der Waals surface area contributed by atoms with Crippen LogP contribution < -0.4 is 20.9 Å². The Kier molecular flexibility index (Phi) is 6.97. The smallest absolute Gasteiger partial charge is 0.407 e. The number of carbonyl (C=O) groups excluding carboxylic acids is 4. The molecule has 0 spiro atoms. The Morgan fingerprint density at radius 3 is 2.50 bits per heavy atom. The van der Waals surface area contributed by atoms with Crippen LogP contribution in [0.2, 0.25) is 0 Å². The fourth-order valence-corrected chi connectivity index (χ4v) is 2.58. The van der Waals surface area contributed by atoms with Crippen molar-refractivity contribution in [2.75, 3.05) is 29.9 Å². The fraction of sp³-hybridized carbons (Fsp3) is 0.474. The number of benzene rings is 1. The SMILES string of the molecule is CC(C)(C)OC(=O)NCCNC(=O)CCC(=O)N1CC(=O)Nc2ccccc21. The zero-order valence-electron chi connectivity index (χ0n) is 16.3. The number of carbonyl (C=O) groups is 4. The summed E-state index contributed by atoms with van der Waals surface area (Å²) in [4.78, 5) is 49.0. The highest BCUT2D eigenvalue weighted by molar-refractivity contribution is 6.10. The molecule has 0 aromatic heterocycles. The molecule has 1 aliphatic rings. The van der Waals surface area contributed by atoms with Crippen LogP contribution in [0.3, 0.4) is 0 Å². The first kappa shape index (κ1) is 21.2. The van der Waals surface area contributed by atoms with Gasteiger partial charge in [0.25, 0.3) is 0 Å². The van der Waals surface area contributed by atoms with Crippen LogP contribution in [0.5, 0.6) is 0 Å². The Morgan fingerprint density at radius 2 is 1.79 bits per heavy atom. The minimum Gasteiger partial charge on any atom is -0.444 e. The molecule has 152 valence electrons. The Labute approximate surface area is 163 Å². The maximum Gasteiger partial charge on any atom is 0.407 e. The molecule has 2 rings (SSSR count). The van der Waals surface area contributed by atoms with Crippen LogP contribution in [0, 0.1) is 0 Å². The Balaban J connectivity index is 1.72. The predicted molar refractivity (Wildman–Crippen MR) is 104 cm³/mol. The normalized spacial score (nSPS) is 13.2. The lowest BCUT2D eigenvalue weighted by Crippen LogP contribution is -2.42. The van der Waals surface area contributed by atoms with Crippen LogP contribution in [0.4, 0.5) is 16.2 Å². The van der Waals surface area contributed by atoms with E-state index in [9.17, 15) is 19.2 Å². The van der Waals surface area contributed by atoms with Gasteiger partial charge in [0.05, 0.1) is 11.4 Å². The molecule has 0 saturated heterocycles. The molecule has 1 aliphatic heterocycles. The first-order valence-corrected chi connectivity index (χ1v) is 9.08. The summed E-state index contributed by atoms with van der Waals surface area (Å²) < 4.78 is 5.08. The summed E-state index contributed by atoms with van der Waals surface area (Å²) in [5.74, 6) is -0.886. The first-order valence-electron chi connectivity index (χ1n) is 9.08. The van der Waals surface area contributed by atoms with Gasteiger partial charge in [0.1, 0.15) is 12.1 Å². The maximum absolute atomic E-state index is 12.5. The van der Waals surface area contributed by atoms with Crippen molar-refractivity contribution in [2.45, 2.75) is 39.2 Å². The van der Waals surface area contributed by atoms with Crippen molar-refractivity contribution >= 4 is 35.2 Å². The van der Waals surface area contributed by atoms with E-state index in [1.165, 1.54) is 4.90 Å². The molecule has 1 aromatic rings. The number of amides is 4. The molecule has 0 radical (unpaired) electrons. The number of ether oxygens (including phenoxy) is 1. The van der Waals surface area contributed by atoms with Gasteiger partial charge in [0.15, 0.2) is 0 Å². The van der Waals surface area contributed by atoms with E-state index in [1.54, 1.807) is 45.0 Å². The van der Waals surface area contributed by atoms with E-state index in [4.69, 9.17) is 4.74 Å². The van der Waals surface area contributed by atoms with Crippen molar-refractivity contribution in [1.82, 2.24) is 10.6 Å². The van der Waals surface area contributed by atoms with Crippen molar-refractivity contribution in [3.63, 3.8) is 0 Å². The molecule has 0 fully saturated rings. The maximum atomic E-state index is 12.5. The summed E-state index contributed by atoms with van der Waals surface area (Å²) in [6, 6.07) is 7.01. The molecule has 1 aromatic carbocycles. The summed E-state index contributed by atoms with van der Waals surface area (Å²) in [6.07, 6.45) is -0.586. The summed E-state index contributed by atoms with van der Waals surface area (Å²) in [7, 11) is 0. The number of nitrogens with one attached hydrogen (secondary N) is 3. The van der Waals surface area contributed by atoms with Crippen LogP contribution in [0.25, 0.3) is 0 Å². The quantitative estimate of drug-likeness (QED) is 0.635. The second-order valence-electron chi connectivity index (χ2n) is 7.32. The molecule has 28 heavy (non-hydrogen) atoms. The van der Waals surface area contributed by atoms with Gasteiger partial charge >= 0.3 is 6.09 Å². The number of rotatable bonds is 6. The number of para-hydroxylation sites is 2. The van der Waals surface area contributed by atoms with E-state index in [0.29, 0.717) is 11.4 Å². The number of anilines is 2. The highest BCUT2D eigenvalue weighted by atomic mass is 16.6. The van der Waals surface area contributed by atoms with E-state index in [1.807, 2.05) is 0 Å². The molecular weight excluding hydrogens is 364 g/mol. The Morgan fingerprint density at radius 1 is 1.11 bits per heavy atom. The molecule has 0 atom stereocenters. The topological polar surface area (TPSA) is 117 Å². The van der Waals surface area contributed by atoms with Crippen LogP contribution in [-0.2, 0) is 19.1 Å². The van der Waals surface area contributed by atoms with Crippen molar-refractivity contribution in [1.29, 1.82) is 0 Å². The van der Waals surface area contributed by atoms with Crippen LogP contribution >= 0.6 is 0 Å². The van der Waals surface area contributed by atoms with E-state index in [2.05, 4.69) is 16.0 Å². The fourth-order valence-electron chi connectivity index (χ4n) is 2.58. The second-order valence-corrected chi connectivity index (χ2v) is 7.32. The average Bonchev–Trinajstić information content (AvgIpc) is 2.61. The molecule has 3 N–H and O–H groups in total. The Bertz CT molecular complexity index is 757. The van der Waals surface area contributed by atoms with Gasteiger partial charge in [-0.15, -0.1) is 0 Å². The van der Waals surface area contributed by atoms with Gasteiger partial charge in [-0.3, -0.25) is 14.4 Å². The van der Waals surface area contributed by atoms with Gasteiger partial charge < -0.3 is 25.6 Å². The number of alkyl carbamates (subject to hydrolysis) is 1. The third-order valence-corrected chi connectivity index (χ3v) is 3.75. The van der Waals surface area contributed by atoms with Gasteiger partial charge in [0.2, 0.25) is 17.7 Å². The second kappa shape index (κ2) is 9.20. The molecule has 9 nitrogen and oxygen atoms in total. The van der Waals surface area contributed by atoms with E-state index >= 15 is 0 Å². The zero-order chi connectivity index (χ0) is 20.7. The van der Waals surface area contributed by atoms with Crippen LogP contribution in [0.15, 0.2) is 24.3 Å². The minimum absolute atomic E-state index is 0.00838. The molecule has 0 unspecified atom stereocenters. The molecule has 0 saturated carbocycles. The number of nitrogens with zero attached hydrogens (tertiary/aromatic N) is 1. The molecule has 0 bridgehead atoms. The summed E-state index contributed by atoms with van der Waals surface area (Å²) in [6.45, 7) is 5.65. The molecular formula is C19H26N4O5. The summed E-state index contributed by atoms with van der Waals surface area (Å²) in [5, 5.41) is 7.87. The summed E-state index contributed by atoms with van der Waals surface area (Å²) in [5.41, 5.74) is 0.608. The lowest BCUT2D eigenvalue weighted by atomic mass is 10.1. The largest absolute Gasteiger partial charge is 0.444 e. The predicted octanol–water partition coefficient (Wildman–Crippen LogP) is 1.39. The standard InChI is InChI=1S/C19H26N4O5/c1-19(2,3)28-18(27)21-11-10-20-15(24)8-9-17(26)23-12-16(25)22-13-6-4-5-7-14(13)23/h4-7H,8-12H2,1-3H3,(H,20,24)(H,21,27)(H,22,25). The lowest BCUT2D eigenvalue weighted by Gasteiger charge is -2.29. The zero-order valence-corrected chi connectivity index (χ0v) is 16.3. The molecule has 1 heterocycles. The van der Waals surface area contributed by atoms with Crippen molar-refractivity contribution < 1.29 is 23.9 Å². The highest BCUT2D eigenvalue weighted by Crippen LogP contribution is 2.29. The molecule has 9 heteroatoms. The van der Waals surface area contributed by atoms with Crippen LogP contribution in [-0.4, -0.2) is 49.1 Å². The first-order chi connectivity index (χ1) is 13.2. The summed E-state index contributed by atoms with van der Waals surface area (Å²) >= 11 is 0. The van der Waals surface area contributed by atoms with Crippen molar-refractivity contribution in [3.05, 3.63) is 24.3 Å². The van der Waals surface area contributed by atoms with Gasteiger partial charge in [-0.25, -0.2) is 4.79 Å². The highest BCUT2D eigenvalue weighted by Gasteiger charge is 2.26. The van der Waals surface area contributed by atoms with E-state index < -0.39 is 11.7 Å². The van der Waals surface area contributed by atoms with E-state index in [0.717, 1.165) is 0 Å². The van der Waals surface area contributed by atoms with Gasteiger partial charge in [0, 0.05) is 25.9 Å². The van der Waals surface area contributed by atoms with Gasteiger partial charge in [-0.1, -0.05) is 12.1 Å². The molecule has 4 amide bonds. The number of fused-ring (bicyclic) bond motifs is 1. The number of hydrogen-bond donors (Lipinski definition) is 3. The van der Waals surface area contributed by atoms with E-state index in [-0.39, 0.29) is 50.2 Å². The Hall–Kier alpha value is -3.10. The van der Waals surface area contributed by atoms with Crippen molar-refractivity contribution in [3.8, 4) is 0 Å². The monoisotopic (exact) mass is 390 g/mol. The lowest BCUT2D eigenvalue weighted by molar-refractivity contribution is -0.125. The van der Waals surface area contributed by atoms with Gasteiger partial charge in [-0.05, 0) is 32.9 Å². The molecule has 0 aliphatic carbocycles.